The first kappa shape index (κ1) is 13.6. The number of halogens is 1. The number of hydrogen-bond donors (Lipinski definition) is 1. The largest absolute Gasteiger partial charge is 0.389 e. The van der Waals surface area contributed by atoms with Crippen molar-refractivity contribution >= 4 is 12.0 Å². The highest BCUT2D eigenvalue weighted by Gasteiger charge is 2.12. The molecule has 1 N–H and O–H groups in total. The van der Waals surface area contributed by atoms with Crippen LogP contribution >= 0.6 is 0 Å². The lowest BCUT2D eigenvalue weighted by Gasteiger charge is -2.23. The van der Waals surface area contributed by atoms with E-state index >= 15 is 0 Å². The fraction of sp³-hybridized carbons (Fsp3) is 0.417. The Bertz CT molecular complexity index is 384. The maximum Gasteiger partial charge on any atom is 0.152 e. The number of carbonyl (C=O) groups is 1. The Labute approximate surface area is 99.6 Å². The SMILES string of the molecule is COCC(O)CN(C)c1ccc(F)cc1C=O. The summed E-state index contributed by atoms with van der Waals surface area (Å²) in [6, 6.07) is 3.96. The van der Waals surface area contributed by atoms with Gasteiger partial charge in [0.05, 0.1) is 12.7 Å². The lowest BCUT2D eigenvalue weighted by molar-refractivity contribution is 0.0695. The quantitative estimate of drug-likeness (QED) is 0.757. The van der Waals surface area contributed by atoms with Crippen LogP contribution in [-0.2, 0) is 4.74 Å². The van der Waals surface area contributed by atoms with Crippen molar-refractivity contribution in [1.29, 1.82) is 0 Å². The van der Waals surface area contributed by atoms with Crippen LogP contribution in [0.5, 0.6) is 0 Å². The number of aliphatic hydroxyl groups excluding tert-OH is 1. The number of aliphatic hydroxyl groups is 1. The summed E-state index contributed by atoms with van der Waals surface area (Å²) in [5.74, 6) is -0.457. The van der Waals surface area contributed by atoms with Gasteiger partial charge in [0.1, 0.15) is 5.82 Å². The number of aldehydes is 1. The van der Waals surface area contributed by atoms with Crippen LogP contribution in [0.3, 0.4) is 0 Å². The second-order valence-corrected chi connectivity index (χ2v) is 3.81. The molecule has 1 unspecified atom stereocenters. The number of benzene rings is 1. The minimum Gasteiger partial charge on any atom is -0.389 e. The zero-order valence-corrected chi connectivity index (χ0v) is 9.89. The zero-order chi connectivity index (χ0) is 12.8. The molecule has 94 valence electrons. The van der Waals surface area contributed by atoms with E-state index in [9.17, 15) is 14.3 Å². The summed E-state index contributed by atoms with van der Waals surface area (Å²) in [7, 11) is 3.22. The molecule has 0 aliphatic rings. The molecule has 0 aromatic heterocycles. The van der Waals surface area contributed by atoms with Crippen molar-refractivity contribution in [3.05, 3.63) is 29.6 Å². The fourth-order valence-corrected chi connectivity index (χ4v) is 1.63. The van der Waals surface area contributed by atoms with Crippen LogP contribution in [0.25, 0.3) is 0 Å². The van der Waals surface area contributed by atoms with E-state index < -0.39 is 11.9 Å². The predicted molar refractivity (Wildman–Crippen MR) is 62.9 cm³/mol. The van der Waals surface area contributed by atoms with Crippen molar-refractivity contribution in [3.8, 4) is 0 Å². The van der Waals surface area contributed by atoms with Crippen LogP contribution in [0, 0.1) is 5.82 Å². The average molecular weight is 241 g/mol. The smallest absolute Gasteiger partial charge is 0.152 e. The first-order chi connectivity index (χ1) is 8.08. The second-order valence-electron chi connectivity index (χ2n) is 3.81. The van der Waals surface area contributed by atoms with E-state index in [0.29, 0.717) is 18.5 Å². The molecule has 0 spiro atoms. The number of hydrogen-bond acceptors (Lipinski definition) is 4. The molecule has 17 heavy (non-hydrogen) atoms. The van der Waals surface area contributed by atoms with Gasteiger partial charge in [-0.3, -0.25) is 4.79 Å². The molecule has 0 amide bonds. The molecule has 0 saturated carbocycles. The number of ether oxygens (including phenoxy) is 1. The molecule has 0 fully saturated rings. The third kappa shape index (κ3) is 3.80. The van der Waals surface area contributed by atoms with Crippen molar-refractivity contribution in [2.75, 3.05) is 32.2 Å². The van der Waals surface area contributed by atoms with E-state index in [4.69, 9.17) is 4.74 Å². The van der Waals surface area contributed by atoms with Gasteiger partial charge in [-0.1, -0.05) is 0 Å². The molecule has 0 radical (unpaired) electrons. The Morgan fingerprint density at radius 1 is 1.59 bits per heavy atom. The van der Waals surface area contributed by atoms with Crippen LogP contribution in [0.2, 0.25) is 0 Å². The fourth-order valence-electron chi connectivity index (χ4n) is 1.63. The lowest BCUT2D eigenvalue weighted by atomic mass is 10.1. The second kappa shape index (κ2) is 6.32. The summed E-state index contributed by atoms with van der Waals surface area (Å²) in [5.41, 5.74) is 0.841. The Morgan fingerprint density at radius 3 is 2.88 bits per heavy atom. The molecule has 1 aromatic carbocycles. The monoisotopic (exact) mass is 241 g/mol. The van der Waals surface area contributed by atoms with Crippen molar-refractivity contribution in [2.24, 2.45) is 0 Å². The van der Waals surface area contributed by atoms with Crippen LogP contribution in [-0.4, -0.2) is 44.8 Å². The molecule has 0 aliphatic carbocycles. The van der Waals surface area contributed by atoms with E-state index in [2.05, 4.69) is 0 Å². The highest BCUT2D eigenvalue weighted by Crippen LogP contribution is 2.19. The molecule has 4 nitrogen and oxygen atoms in total. The third-order valence-electron chi connectivity index (χ3n) is 2.37. The summed E-state index contributed by atoms with van der Waals surface area (Å²) in [6.07, 6.45) is -0.0630. The molecule has 1 atom stereocenters. The average Bonchev–Trinajstić information content (AvgIpc) is 2.28. The Balaban J connectivity index is 2.81. The van der Waals surface area contributed by atoms with Gasteiger partial charge >= 0.3 is 0 Å². The summed E-state index contributed by atoms with van der Waals surface area (Å²) in [6.45, 7) is 0.516. The topological polar surface area (TPSA) is 49.8 Å². The Kier molecular flexibility index (Phi) is 5.06. The van der Waals surface area contributed by atoms with E-state index in [1.165, 1.54) is 25.3 Å². The summed E-state index contributed by atoms with van der Waals surface area (Å²) in [5, 5.41) is 9.57. The summed E-state index contributed by atoms with van der Waals surface area (Å²) >= 11 is 0. The van der Waals surface area contributed by atoms with Gasteiger partial charge in [-0.2, -0.15) is 0 Å². The molecule has 1 aromatic rings. The number of carbonyl (C=O) groups excluding carboxylic acids is 1. The van der Waals surface area contributed by atoms with Gasteiger partial charge in [0.15, 0.2) is 6.29 Å². The number of likely N-dealkylation sites (N-methyl/N-ethyl adjacent to an activating group) is 1. The van der Waals surface area contributed by atoms with E-state index in [-0.39, 0.29) is 12.2 Å². The van der Waals surface area contributed by atoms with E-state index in [1.54, 1.807) is 11.9 Å². The highest BCUT2D eigenvalue weighted by atomic mass is 19.1. The maximum absolute atomic E-state index is 12.9. The van der Waals surface area contributed by atoms with Crippen molar-refractivity contribution in [3.63, 3.8) is 0 Å². The van der Waals surface area contributed by atoms with Gasteiger partial charge in [0.25, 0.3) is 0 Å². The zero-order valence-electron chi connectivity index (χ0n) is 9.89. The van der Waals surface area contributed by atoms with Crippen LogP contribution in [0.4, 0.5) is 10.1 Å². The third-order valence-corrected chi connectivity index (χ3v) is 2.37. The molecule has 0 heterocycles. The minimum absolute atomic E-state index is 0.210. The molecule has 1 rings (SSSR count). The normalized spacial score (nSPS) is 12.2. The van der Waals surface area contributed by atoms with Gasteiger partial charge < -0.3 is 14.7 Å². The van der Waals surface area contributed by atoms with Gasteiger partial charge in [-0.05, 0) is 18.2 Å². The van der Waals surface area contributed by atoms with Crippen LogP contribution in [0.15, 0.2) is 18.2 Å². The van der Waals surface area contributed by atoms with Crippen molar-refractivity contribution in [2.45, 2.75) is 6.10 Å². The molecule has 0 saturated heterocycles. The highest BCUT2D eigenvalue weighted by molar-refractivity contribution is 5.84. The van der Waals surface area contributed by atoms with Crippen molar-refractivity contribution < 1.29 is 19.0 Å². The van der Waals surface area contributed by atoms with E-state index in [1.807, 2.05) is 0 Å². The Morgan fingerprint density at radius 2 is 2.29 bits per heavy atom. The predicted octanol–water partition coefficient (Wildman–Crippen LogP) is 1.08. The lowest BCUT2D eigenvalue weighted by Crippen LogP contribution is -2.32. The maximum atomic E-state index is 12.9. The summed E-state index contributed by atoms with van der Waals surface area (Å²) < 4.78 is 17.7. The number of nitrogens with zero attached hydrogens (tertiary/aromatic N) is 1. The van der Waals surface area contributed by atoms with Crippen molar-refractivity contribution in [1.82, 2.24) is 0 Å². The first-order valence-electron chi connectivity index (χ1n) is 5.21. The Hall–Kier alpha value is -1.46. The summed E-state index contributed by atoms with van der Waals surface area (Å²) in [4.78, 5) is 12.5. The van der Waals surface area contributed by atoms with E-state index in [0.717, 1.165) is 0 Å². The van der Waals surface area contributed by atoms with Gasteiger partial charge in [-0.15, -0.1) is 0 Å². The molecule has 5 heteroatoms. The number of anilines is 1. The molecular formula is C12H16FNO3. The first-order valence-corrected chi connectivity index (χ1v) is 5.21. The van der Waals surface area contributed by atoms with Crippen LogP contribution in [0.1, 0.15) is 10.4 Å². The molecule has 0 aliphatic heterocycles. The van der Waals surface area contributed by atoms with Gasteiger partial charge in [-0.25, -0.2) is 4.39 Å². The molecular weight excluding hydrogens is 225 g/mol. The molecule has 0 bridgehead atoms. The van der Waals surface area contributed by atoms with Gasteiger partial charge in [0.2, 0.25) is 0 Å². The van der Waals surface area contributed by atoms with Crippen LogP contribution < -0.4 is 4.90 Å². The number of rotatable bonds is 6. The number of methoxy groups -OCH3 is 1. The minimum atomic E-state index is -0.658. The van der Waals surface area contributed by atoms with Gasteiger partial charge in [0, 0.05) is 32.0 Å². The standard InChI is InChI=1S/C12H16FNO3/c1-14(6-11(16)8-17-2)12-4-3-10(13)5-9(12)7-15/h3-5,7,11,16H,6,8H2,1-2H3.